The van der Waals surface area contributed by atoms with Gasteiger partial charge < -0.3 is 14.6 Å². The molecule has 34 heavy (non-hydrogen) atoms. The number of rotatable bonds is 3. The van der Waals surface area contributed by atoms with Crippen molar-refractivity contribution >= 4 is 5.78 Å². The number of hydrogen-bond acceptors (Lipinski definition) is 4. The molecule has 4 aliphatic rings. The molecule has 4 rings (SSSR count). The number of aliphatic hydroxyl groups is 1. The van der Waals surface area contributed by atoms with Crippen LogP contribution in [-0.2, 0) is 14.3 Å². The van der Waals surface area contributed by atoms with Crippen LogP contribution in [-0.4, -0.2) is 40.4 Å². The zero-order valence-electron chi connectivity index (χ0n) is 23.0. The third kappa shape index (κ3) is 4.37. The Morgan fingerprint density at radius 3 is 1.82 bits per heavy atom. The molecule has 0 aromatic rings. The Hall–Kier alpha value is -0.970. The van der Waals surface area contributed by atoms with Crippen LogP contribution in [0.1, 0.15) is 120 Å². The Kier molecular flexibility index (Phi) is 6.80. The van der Waals surface area contributed by atoms with E-state index in [-0.39, 0.29) is 28.8 Å². The van der Waals surface area contributed by atoms with Gasteiger partial charge in [-0.3, -0.25) is 4.79 Å². The van der Waals surface area contributed by atoms with Gasteiger partial charge in [0.15, 0.2) is 5.78 Å². The van der Waals surface area contributed by atoms with E-state index in [1.165, 1.54) is 16.7 Å². The molecule has 2 aliphatic heterocycles. The molecule has 192 valence electrons. The fraction of sp³-hybridized carbons (Fsp3) is 0.833. The Morgan fingerprint density at radius 2 is 1.26 bits per heavy atom. The summed E-state index contributed by atoms with van der Waals surface area (Å²) in [7, 11) is 0. The third-order valence-corrected chi connectivity index (χ3v) is 10.2. The summed E-state index contributed by atoms with van der Waals surface area (Å²) in [5.74, 6) is 0.234. The second kappa shape index (κ2) is 8.85. The third-order valence-electron chi connectivity index (χ3n) is 10.2. The van der Waals surface area contributed by atoms with Crippen molar-refractivity contribution < 1.29 is 19.4 Å². The zero-order valence-corrected chi connectivity index (χ0v) is 23.0. The molecule has 2 aliphatic carbocycles. The second-order valence-electron chi connectivity index (χ2n) is 13.2. The van der Waals surface area contributed by atoms with Crippen LogP contribution in [0, 0.1) is 10.8 Å². The number of carbonyl (C=O) groups excluding carboxylic acids is 1. The molecule has 0 saturated carbocycles. The van der Waals surface area contributed by atoms with Crippen LogP contribution in [0.4, 0.5) is 0 Å². The van der Waals surface area contributed by atoms with Crippen LogP contribution in [0.3, 0.4) is 0 Å². The van der Waals surface area contributed by atoms with Gasteiger partial charge in [-0.1, -0.05) is 36.1 Å². The first-order chi connectivity index (χ1) is 15.7. The first-order valence-electron chi connectivity index (χ1n) is 13.7. The van der Waals surface area contributed by atoms with Gasteiger partial charge in [0.25, 0.3) is 0 Å². The summed E-state index contributed by atoms with van der Waals surface area (Å²) < 4.78 is 13.1. The van der Waals surface area contributed by atoms with Gasteiger partial charge in [-0.15, -0.1) is 0 Å². The summed E-state index contributed by atoms with van der Waals surface area (Å²) in [6.45, 7) is 17.3. The number of fused-ring (bicyclic) bond motifs is 2. The van der Waals surface area contributed by atoms with Gasteiger partial charge in [0.05, 0.1) is 23.9 Å². The Bertz CT molecular complexity index is 893. The van der Waals surface area contributed by atoms with Gasteiger partial charge in [0.2, 0.25) is 0 Å². The van der Waals surface area contributed by atoms with Gasteiger partial charge in [0.1, 0.15) is 5.60 Å². The normalized spacial score (nSPS) is 40.4. The molecule has 0 spiro atoms. The monoisotopic (exact) mass is 472 g/mol. The van der Waals surface area contributed by atoms with Crippen molar-refractivity contribution in [3.8, 4) is 0 Å². The lowest BCUT2D eigenvalue weighted by Gasteiger charge is -2.47. The quantitative estimate of drug-likeness (QED) is 0.457. The van der Waals surface area contributed by atoms with E-state index >= 15 is 0 Å². The highest BCUT2D eigenvalue weighted by atomic mass is 16.5. The first-order valence-corrected chi connectivity index (χ1v) is 13.7. The molecule has 0 bridgehead atoms. The molecule has 5 unspecified atom stereocenters. The number of carbonyl (C=O) groups is 1. The lowest BCUT2D eigenvalue weighted by atomic mass is 9.62. The van der Waals surface area contributed by atoms with Crippen molar-refractivity contribution in [1.82, 2.24) is 0 Å². The smallest absolute Gasteiger partial charge is 0.164 e. The number of allylic oxidation sites excluding steroid dienone is 2. The van der Waals surface area contributed by atoms with Gasteiger partial charge in [-0.2, -0.15) is 0 Å². The van der Waals surface area contributed by atoms with Crippen molar-refractivity contribution in [1.29, 1.82) is 0 Å². The largest absolute Gasteiger partial charge is 0.390 e. The topological polar surface area (TPSA) is 55.8 Å². The van der Waals surface area contributed by atoms with Crippen molar-refractivity contribution in [2.45, 2.75) is 149 Å². The van der Waals surface area contributed by atoms with E-state index in [1.54, 1.807) is 5.57 Å². The highest BCUT2D eigenvalue weighted by Crippen LogP contribution is 2.54. The predicted octanol–water partition coefficient (Wildman–Crippen LogP) is 6.85. The lowest BCUT2D eigenvalue weighted by Crippen LogP contribution is -2.45. The van der Waals surface area contributed by atoms with Gasteiger partial charge in [-0.25, -0.2) is 0 Å². The zero-order chi connectivity index (χ0) is 25.1. The maximum atomic E-state index is 12.8. The fourth-order valence-electron chi connectivity index (χ4n) is 7.57. The van der Waals surface area contributed by atoms with E-state index in [9.17, 15) is 9.90 Å². The number of ether oxygens (including phenoxy) is 2. The summed E-state index contributed by atoms with van der Waals surface area (Å²) in [4.78, 5) is 12.8. The maximum absolute atomic E-state index is 12.8. The summed E-state index contributed by atoms with van der Waals surface area (Å²) >= 11 is 0. The van der Waals surface area contributed by atoms with Gasteiger partial charge in [-0.05, 0) is 99.3 Å². The van der Waals surface area contributed by atoms with Crippen molar-refractivity contribution in [3.63, 3.8) is 0 Å². The maximum Gasteiger partial charge on any atom is 0.164 e. The predicted molar refractivity (Wildman–Crippen MR) is 137 cm³/mol. The average molecular weight is 473 g/mol. The van der Waals surface area contributed by atoms with Crippen LogP contribution in [0.5, 0.6) is 0 Å². The molecule has 5 atom stereocenters. The Morgan fingerprint density at radius 1 is 0.765 bits per heavy atom. The first kappa shape index (κ1) is 26.1. The summed E-state index contributed by atoms with van der Waals surface area (Å²) in [6, 6.07) is 0. The van der Waals surface area contributed by atoms with Crippen LogP contribution in [0.2, 0.25) is 0 Å². The van der Waals surface area contributed by atoms with E-state index in [0.29, 0.717) is 6.42 Å². The van der Waals surface area contributed by atoms with Crippen LogP contribution < -0.4 is 0 Å². The molecule has 2 fully saturated rings. The number of Topliss-reactive ketones (excluding diaryl/α,β-unsaturated/α-hetero) is 1. The van der Waals surface area contributed by atoms with Crippen molar-refractivity contribution in [2.75, 3.05) is 0 Å². The lowest BCUT2D eigenvalue weighted by molar-refractivity contribution is -0.150. The molecule has 0 amide bonds. The van der Waals surface area contributed by atoms with E-state index in [0.717, 1.165) is 57.8 Å². The molecule has 4 heteroatoms. The Labute approximate surface area is 207 Å². The van der Waals surface area contributed by atoms with Crippen LogP contribution in [0.15, 0.2) is 22.3 Å². The highest BCUT2D eigenvalue weighted by molar-refractivity contribution is 5.86. The molecule has 0 radical (unpaired) electrons. The SMILES string of the molecule is CC1=C(CCC2=C(C)CCC3OC(C)(C)C(O)CCC23C)C2(C)CCC(=O)C(C)(C)OC2CC1. The van der Waals surface area contributed by atoms with Crippen LogP contribution in [0.25, 0.3) is 0 Å². The molecule has 2 saturated heterocycles. The molecule has 4 nitrogen and oxygen atoms in total. The highest BCUT2D eigenvalue weighted by Gasteiger charge is 2.51. The second-order valence-corrected chi connectivity index (χ2v) is 13.2. The summed E-state index contributed by atoms with van der Waals surface area (Å²) in [5.41, 5.74) is 4.79. The molecular weight excluding hydrogens is 424 g/mol. The number of aliphatic hydroxyl groups excluding tert-OH is 1. The fourth-order valence-corrected chi connectivity index (χ4v) is 7.57. The minimum absolute atomic E-state index is 0.0293. The molecule has 0 aromatic carbocycles. The standard InChI is InChI=1S/C30H48O4/c1-19-9-13-25-29(7,17-15-23(31)27(3,4)33-25)21(19)11-12-22-20(2)10-14-26-30(22,8)18-16-24(32)28(5,6)34-26/h23,25-26,31H,9-18H2,1-8H3. The van der Waals surface area contributed by atoms with E-state index in [2.05, 4.69) is 27.7 Å². The average Bonchev–Trinajstić information content (AvgIpc) is 2.90. The molecule has 0 aromatic heterocycles. The van der Waals surface area contributed by atoms with Crippen molar-refractivity contribution in [3.05, 3.63) is 22.3 Å². The number of hydrogen-bond donors (Lipinski definition) is 1. The van der Waals surface area contributed by atoms with Crippen molar-refractivity contribution in [2.24, 2.45) is 10.8 Å². The van der Waals surface area contributed by atoms with Crippen LogP contribution >= 0.6 is 0 Å². The molecular formula is C30H48O4. The van der Waals surface area contributed by atoms with E-state index in [4.69, 9.17) is 9.47 Å². The molecule has 2 heterocycles. The molecule has 1 N–H and O–H groups in total. The van der Waals surface area contributed by atoms with Gasteiger partial charge in [0, 0.05) is 17.3 Å². The Balaban J connectivity index is 1.61. The van der Waals surface area contributed by atoms with Gasteiger partial charge >= 0.3 is 0 Å². The summed E-state index contributed by atoms with van der Waals surface area (Å²) in [5, 5.41) is 10.8. The number of ketones is 1. The minimum atomic E-state index is -0.687. The van der Waals surface area contributed by atoms with E-state index < -0.39 is 17.3 Å². The van der Waals surface area contributed by atoms with E-state index in [1.807, 2.05) is 27.7 Å². The summed E-state index contributed by atoms with van der Waals surface area (Å²) in [6.07, 6.45) is 9.30. The minimum Gasteiger partial charge on any atom is -0.390 e.